The van der Waals surface area contributed by atoms with E-state index < -0.39 is 0 Å². The number of nitrogens with one attached hydrogen (secondary N) is 2. The predicted octanol–water partition coefficient (Wildman–Crippen LogP) is 4.33. The maximum Gasteiger partial charge on any atom is 0.238 e. The molecule has 4 rings (SSSR count). The smallest absolute Gasteiger partial charge is 0.238 e. The van der Waals surface area contributed by atoms with Crippen LogP contribution in [0, 0.1) is 6.92 Å². The van der Waals surface area contributed by atoms with E-state index in [9.17, 15) is 14.4 Å². The van der Waals surface area contributed by atoms with Crippen molar-refractivity contribution in [3.05, 3.63) is 59.7 Å². The fraction of sp³-hybridized carbons (Fsp3) is 0.464. The number of likely N-dealkylation sites (tertiary alicyclic amines) is 2. The van der Waals surface area contributed by atoms with Gasteiger partial charge in [-0.3, -0.25) is 19.3 Å². The number of rotatable bonds is 6. The molecule has 0 unspecified atom stereocenters. The lowest BCUT2D eigenvalue weighted by atomic mass is 9.84. The molecule has 7 heteroatoms. The van der Waals surface area contributed by atoms with Gasteiger partial charge in [0, 0.05) is 43.9 Å². The Morgan fingerprint density at radius 3 is 2.60 bits per heavy atom. The number of carbonyl (C=O) groups is 3. The van der Waals surface area contributed by atoms with Gasteiger partial charge in [0.25, 0.3) is 0 Å². The van der Waals surface area contributed by atoms with E-state index in [1.54, 1.807) is 6.07 Å². The molecule has 2 saturated heterocycles. The second-order valence-electron chi connectivity index (χ2n) is 10.1. The topological polar surface area (TPSA) is 81.8 Å². The average Bonchev–Trinajstić information content (AvgIpc) is 3.12. The van der Waals surface area contributed by atoms with E-state index in [4.69, 9.17) is 0 Å². The maximum atomic E-state index is 13.2. The van der Waals surface area contributed by atoms with Crippen LogP contribution < -0.4 is 10.6 Å². The zero-order valence-corrected chi connectivity index (χ0v) is 21.0. The summed E-state index contributed by atoms with van der Waals surface area (Å²) in [6.07, 6.45) is 4.27. The van der Waals surface area contributed by atoms with Crippen LogP contribution in [0.2, 0.25) is 0 Å². The first-order valence-corrected chi connectivity index (χ1v) is 12.5. The molecule has 2 aromatic carbocycles. The van der Waals surface area contributed by atoms with E-state index in [0.717, 1.165) is 43.4 Å². The van der Waals surface area contributed by atoms with Crippen LogP contribution in [0.4, 0.5) is 11.4 Å². The molecule has 0 radical (unpaired) electrons. The van der Waals surface area contributed by atoms with Crippen LogP contribution in [0.1, 0.15) is 57.1 Å². The van der Waals surface area contributed by atoms with Gasteiger partial charge in [-0.05, 0) is 56.4 Å². The normalized spacial score (nSPS) is 22.8. The van der Waals surface area contributed by atoms with Crippen molar-refractivity contribution in [2.75, 3.05) is 23.7 Å². The van der Waals surface area contributed by atoms with Gasteiger partial charge in [0.15, 0.2) is 0 Å². The third-order valence-corrected chi connectivity index (χ3v) is 7.46. The van der Waals surface area contributed by atoms with Crippen molar-refractivity contribution in [2.24, 2.45) is 0 Å². The summed E-state index contributed by atoms with van der Waals surface area (Å²) in [5.41, 5.74) is 3.11. The number of nitrogens with zero attached hydrogens (tertiary/aromatic N) is 2. The summed E-state index contributed by atoms with van der Waals surface area (Å²) in [6.45, 7) is 7.23. The molecule has 186 valence electrons. The van der Waals surface area contributed by atoms with Crippen LogP contribution in [0.3, 0.4) is 0 Å². The Bertz CT molecular complexity index is 1090. The number of benzene rings is 2. The van der Waals surface area contributed by atoms with E-state index >= 15 is 0 Å². The van der Waals surface area contributed by atoms with E-state index in [2.05, 4.69) is 39.5 Å². The predicted molar refractivity (Wildman–Crippen MR) is 138 cm³/mol. The van der Waals surface area contributed by atoms with Crippen molar-refractivity contribution in [1.29, 1.82) is 0 Å². The molecule has 0 bridgehead atoms. The Kier molecular flexibility index (Phi) is 7.55. The molecule has 2 atom stereocenters. The highest BCUT2D eigenvalue weighted by atomic mass is 16.2. The lowest BCUT2D eigenvalue weighted by Crippen LogP contribution is -2.57. The lowest BCUT2D eigenvalue weighted by Gasteiger charge is -2.46. The molecular formula is C28H36N4O3. The average molecular weight is 477 g/mol. The Labute approximate surface area is 207 Å². The molecule has 35 heavy (non-hydrogen) atoms. The zero-order valence-electron chi connectivity index (χ0n) is 21.0. The van der Waals surface area contributed by atoms with Gasteiger partial charge < -0.3 is 15.5 Å². The van der Waals surface area contributed by atoms with Crippen molar-refractivity contribution >= 4 is 29.1 Å². The maximum absolute atomic E-state index is 13.2. The highest BCUT2D eigenvalue weighted by Crippen LogP contribution is 2.39. The summed E-state index contributed by atoms with van der Waals surface area (Å²) < 4.78 is 0. The van der Waals surface area contributed by atoms with Crippen LogP contribution in [0.25, 0.3) is 0 Å². The van der Waals surface area contributed by atoms with Gasteiger partial charge in [0.2, 0.25) is 17.7 Å². The Balaban J connectivity index is 1.48. The summed E-state index contributed by atoms with van der Waals surface area (Å²) in [7, 11) is 0. The molecule has 2 N–H and O–H groups in total. The fourth-order valence-corrected chi connectivity index (χ4v) is 5.56. The summed E-state index contributed by atoms with van der Waals surface area (Å²) in [6, 6.07) is 15.8. The van der Waals surface area contributed by atoms with Gasteiger partial charge in [-0.2, -0.15) is 0 Å². The summed E-state index contributed by atoms with van der Waals surface area (Å²) >= 11 is 0. The van der Waals surface area contributed by atoms with Gasteiger partial charge in [-0.1, -0.05) is 42.8 Å². The van der Waals surface area contributed by atoms with Gasteiger partial charge in [0.1, 0.15) is 0 Å². The minimum Gasteiger partial charge on any atom is -0.331 e. The van der Waals surface area contributed by atoms with E-state index in [1.165, 1.54) is 6.92 Å². The number of amides is 3. The Hall–Kier alpha value is -3.19. The van der Waals surface area contributed by atoms with Crippen LogP contribution in [-0.4, -0.2) is 52.2 Å². The minimum absolute atomic E-state index is 0.0881. The van der Waals surface area contributed by atoms with Crippen LogP contribution in [0.5, 0.6) is 0 Å². The molecule has 0 aromatic heterocycles. The second kappa shape index (κ2) is 10.6. The summed E-state index contributed by atoms with van der Waals surface area (Å²) in [5.74, 6) is -0.0285. The molecule has 3 amide bonds. The summed E-state index contributed by atoms with van der Waals surface area (Å²) in [5, 5.41) is 5.80. The lowest BCUT2D eigenvalue weighted by molar-refractivity contribution is -0.140. The zero-order chi connectivity index (χ0) is 25.0. The van der Waals surface area contributed by atoms with Gasteiger partial charge in [-0.15, -0.1) is 0 Å². The number of aryl methyl sites for hydroxylation is 1. The first kappa shape index (κ1) is 24.9. The molecule has 2 fully saturated rings. The van der Waals surface area contributed by atoms with Gasteiger partial charge >= 0.3 is 0 Å². The monoisotopic (exact) mass is 476 g/mol. The molecule has 0 saturated carbocycles. The first-order valence-electron chi connectivity index (χ1n) is 12.5. The third-order valence-electron chi connectivity index (χ3n) is 7.46. The number of hydrogen-bond acceptors (Lipinski definition) is 4. The van der Waals surface area contributed by atoms with Crippen molar-refractivity contribution in [3.8, 4) is 0 Å². The Morgan fingerprint density at radius 2 is 1.86 bits per heavy atom. The van der Waals surface area contributed by atoms with Crippen LogP contribution in [-0.2, 0) is 20.9 Å². The van der Waals surface area contributed by atoms with Crippen molar-refractivity contribution < 1.29 is 14.4 Å². The summed E-state index contributed by atoms with van der Waals surface area (Å²) in [4.78, 5) is 42.1. The number of anilines is 2. The highest BCUT2D eigenvalue weighted by Gasteiger charge is 2.49. The highest BCUT2D eigenvalue weighted by molar-refractivity contribution is 5.94. The fourth-order valence-electron chi connectivity index (χ4n) is 5.56. The number of fused-ring (bicyclic) bond motifs is 1. The van der Waals surface area contributed by atoms with Gasteiger partial charge in [-0.25, -0.2) is 0 Å². The third kappa shape index (κ3) is 5.73. The van der Waals surface area contributed by atoms with E-state index in [-0.39, 0.29) is 35.8 Å². The quantitative estimate of drug-likeness (QED) is 0.650. The largest absolute Gasteiger partial charge is 0.331 e. The van der Waals surface area contributed by atoms with E-state index in [0.29, 0.717) is 24.3 Å². The first-order chi connectivity index (χ1) is 16.8. The van der Waals surface area contributed by atoms with Crippen molar-refractivity contribution in [1.82, 2.24) is 9.80 Å². The molecule has 2 heterocycles. The van der Waals surface area contributed by atoms with Crippen LogP contribution in [0.15, 0.2) is 48.5 Å². The second-order valence-corrected chi connectivity index (χ2v) is 10.1. The SMILES string of the molecule is CC(=O)Nc1cc(NC(=O)CN2CC[C@@]3(C)[C@@H]2CCCCC(=O)N3Cc2ccccc2)ccc1C. The standard InChI is InChI=1S/C28H36N4O3/c1-20-13-14-23(17-24(20)29-21(2)33)30-26(34)19-31-16-15-28(3)25(31)11-7-8-12-27(35)32(28)18-22-9-5-4-6-10-22/h4-6,9-10,13-14,17,25H,7-8,11-12,15-16,18-19H2,1-3H3,(H,29,33)(H,30,34)/t25-,28-/m0/s1. The van der Waals surface area contributed by atoms with Gasteiger partial charge in [0.05, 0.1) is 12.1 Å². The molecule has 2 aliphatic rings. The molecule has 2 aromatic rings. The molecule has 0 aliphatic carbocycles. The Morgan fingerprint density at radius 1 is 1.09 bits per heavy atom. The number of hydrogen-bond donors (Lipinski definition) is 2. The molecule has 2 aliphatic heterocycles. The molecule has 7 nitrogen and oxygen atoms in total. The van der Waals surface area contributed by atoms with Crippen molar-refractivity contribution in [3.63, 3.8) is 0 Å². The molecule has 0 spiro atoms. The minimum atomic E-state index is -0.309. The van der Waals surface area contributed by atoms with E-state index in [1.807, 2.05) is 37.3 Å². The molecular weight excluding hydrogens is 440 g/mol. The number of carbonyl (C=O) groups excluding carboxylic acids is 3. The van der Waals surface area contributed by atoms with Crippen LogP contribution >= 0.6 is 0 Å². The van der Waals surface area contributed by atoms with Crippen molar-refractivity contribution in [2.45, 2.75) is 71.0 Å².